The molecule has 1 saturated carbocycles. The van der Waals surface area contributed by atoms with Crippen molar-refractivity contribution in [1.82, 2.24) is 19.9 Å². The number of piperazine rings is 1. The van der Waals surface area contributed by atoms with Crippen molar-refractivity contribution in [3.05, 3.63) is 54.4 Å². The Bertz CT molecular complexity index is 1260. The second-order valence-electron chi connectivity index (χ2n) is 11.0. The zero-order valence-corrected chi connectivity index (χ0v) is 21.5. The zero-order chi connectivity index (χ0) is 24.8. The van der Waals surface area contributed by atoms with Gasteiger partial charge >= 0.3 is 0 Å². The van der Waals surface area contributed by atoms with Gasteiger partial charge in [0.05, 0.1) is 18.9 Å². The van der Waals surface area contributed by atoms with Crippen LogP contribution < -0.4 is 15.1 Å². The molecule has 0 radical (unpaired) electrons. The van der Waals surface area contributed by atoms with Gasteiger partial charge in [-0.1, -0.05) is 0 Å². The molecule has 8 heteroatoms. The molecular weight excluding hydrogens is 462 g/mol. The summed E-state index contributed by atoms with van der Waals surface area (Å²) in [7, 11) is 0. The van der Waals surface area contributed by atoms with E-state index in [9.17, 15) is 0 Å². The van der Waals surface area contributed by atoms with Crippen LogP contribution in [0.2, 0.25) is 0 Å². The highest BCUT2D eigenvalue weighted by molar-refractivity contribution is 5.66. The third-order valence-corrected chi connectivity index (χ3v) is 8.34. The number of hydrogen-bond donors (Lipinski definition) is 1. The Morgan fingerprint density at radius 1 is 1.00 bits per heavy atom. The van der Waals surface area contributed by atoms with E-state index in [1.54, 1.807) is 6.20 Å². The summed E-state index contributed by atoms with van der Waals surface area (Å²) in [5, 5.41) is 3.41. The molecule has 2 aromatic heterocycles. The molecule has 37 heavy (non-hydrogen) atoms. The Hall–Kier alpha value is -3.23. The number of hydrogen-bond acceptors (Lipinski definition) is 8. The smallest absolute Gasteiger partial charge is 0.227 e. The lowest BCUT2D eigenvalue weighted by molar-refractivity contribution is 0.122. The van der Waals surface area contributed by atoms with Crippen LogP contribution in [-0.2, 0) is 4.74 Å². The fourth-order valence-electron chi connectivity index (χ4n) is 6.18. The number of ether oxygens (including phenoxy) is 1. The predicted molar refractivity (Wildman–Crippen MR) is 147 cm³/mol. The van der Waals surface area contributed by atoms with Gasteiger partial charge in [-0.2, -0.15) is 0 Å². The maximum atomic E-state index is 5.45. The number of likely N-dealkylation sites (tertiary alicyclic amines) is 1. The lowest BCUT2D eigenvalue weighted by atomic mass is 10.1. The number of aryl methyl sites for hydroxylation is 1. The van der Waals surface area contributed by atoms with Gasteiger partial charge in [0.1, 0.15) is 5.82 Å². The van der Waals surface area contributed by atoms with Gasteiger partial charge in [-0.3, -0.25) is 4.90 Å². The van der Waals surface area contributed by atoms with Gasteiger partial charge in [0.15, 0.2) is 0 Å². The molecule has 1 aromatic carbocycles. The molecule has 1 aliphatic carbocycles. The van der Waals surface area contributed by atoms with E-state index >= 15 is 0 Å². The molecule has 1 N–H and O–H groups in total. The number of aromatic nitrogens is 3. The highest BCUT2D eigenvalue weighted by atomic mass is 16.5. The third-order valence-electron chi connectivity index (χ3n) is 8.34. The van der Waals surface area contributed by atoms with E-state index in [0.717, 1.165) is 67.6 Å². The van der Waals surface area contributed by atoms with Gasteiger partial charge < -0.3 is 19.9 Å². The average Bonchev–Trinajstić information content (AvgIpc) is 3.54. The van der Waals surface area contributed by atoms with Crippen LogP contribution in [0.1, 0.15) is 24.8 Å². The van der Waals surface area contributed by atoms with Crippen molar-refractivity contribution in [2.24, 2.45) is 5.92 Å². The Morgan fingerprint density at radius 2 is 1.89 bits per heavy atom. The quantitative estimate of drug-likeness (QED) is 0.523. The Morgan fingerprint density at radius 3 is 2.62 bits per heavy atom. The normalized spacial score (nSPS) is 23.6. The van der Waals surface area contributed by atoms with Crippen molar-refractivity contribution in [2.75, 3.05) is 61.1 Å². The summed E-state index contributed by atoms with van der Waals surface area (Å²) in [5.41, 5.74) is 5.51. The van der Waals surface area contributed by atoms with E-state index in [4.69, 9.17) is 9.72 Å². The van der Waals surface area contributed by atoms with E-state index in [-0.39, 0.29) is 0 Å². The summed E-state index contributed by atoms with van der Waals surface area (Å²) in [6.45, 7) is 9.19. The maximum Gasteiger partial charge on any atom is 0.227 e. The van der Waals surface area contributed by atoms with E-state index in [1.165, 1.54) is 43.6 Å². The van der Waals surface area contributed by atoms with Crippen LogP contribution in [0.3, 0.4) is 0 Å². The van der Waals surface area contributed by atoms with Crippen LogP contribution in [0, 0.1) is 12.8 Å². The summed E-state index contributed by atoms with van der Waals surface area (Å²) < 4.78 is 5.45. The SMILES string of the molecule is Cc1cc(Nc2nccc(-c3ccc(N4CCOCC4)nc3)n2)ccc1N1C[C@@H]2C[C@H]1CN2CC1CC1. The van der Waals surface area contributed by atoms with Gasteiger partial charge in [0.2, 0.25) is 5.95 Å². The Kier molecular flexibility index (Phi) is 5.93. The predicted octanol–water partition coefficient (Wildman–Crippen LogP) is 4.10. The van der Waals surface area contributed by atoms with Gasteiger partial charge in [0.25, 0.3) is 0 Å². The molecule has 3 saturated heterocycles. The first kappa shape index (κ1) is 22.9. The molecule has 0 spiro atoms. The van der Waals surface area contributed by atoms with Crippen LogP contribution in [0.15, 0.2) is 48.8 Å². The summed E-state index contributed by atoms with van der Waals surface area (Å²) in [4.78, 5) is 21.5. The first-order valence-corrected chi connectivity index (χ1v) is 13.7. The van der Waals surface area contributed by atoms with E-state index in [0.29, 0.717) is 12.0 Å². The highest BCUT2D eigenvalue weighted by Gasteiger charge is 2.44. The molecule has 8 nitrogen and oxygen atoms in total. The largest absolute Gasteiger partial charge is 0.378 e. The molecule has 4 aliphatic rings. The first-order valence-electron chi connectivity index (χ1n) is 13.7. The number of pyridine rings is 1. The molecule has 7 rings (SSSR count). The summed E-state index contributed by atoms with van der Waals surface area (Å²) >= 11 is 0. The third kappa shape index (κ3) is 4.76. The number of fused-ring (bicyclic) bond motifs is 2. The van der Waals surface area contributed by atoms with Crippen LogP contribution in [0.5, 0.6) is 0 Å². The fraction of sp³-hybridized carbons (Fsp3) is 0.483. The van der Waals surface area contributed by atoms with Crippen LogP contribution in [0.4, 0.5) is 23.1 Å². The number of nitrogens with one attached hydrogen (secondary N) is 1. The summed E-state index contributed by atoms with van der Waals surface area (Å²) in [6, 6.07) is 14.1. The zero-order valence-electron chi connectivity index (χ0n) is 21.5. The maximum absolute atomic E-state index is 5.45. The van der Waals surface area contributed by atoms with Gasteiger partial charge in [0, 0.05) is 74.1 Å². The summed E-state index contributed by atoms with van der Waals surface area (Å²) in [6.07, 6.45) is 7.89. The number of nitrogens with zero attached hydrogens (tertiary/aromatic N) is 6. The van der Waals surface area contributed by atoms with Crippen LogP contribution in [-0.4, -0.2) is 77.9 Å². The van der Waals surface area contributed by atoms with Gasteiger partial charge in [-0.05, 0) is 74.1 Å². The highest BCUT2D eigenvalue weighted by Crippen LogP contribution is 2.39. The number of benzene rings is 1. The minimum absolute atomic E-state index is 0.595. The van der Waals surface area contributed by atoms with Gasteiger partial charge in [-0.15, -0.1) is 0 Å². The minimum Gasteiger partial charge on any atom is -0.378 e. The van der Waals surface area contributed by atoms with Crippen molar-refractivity contribution in [1.29, 1.82) is 0 Å². The second-order valence-corrected chi connectivity index (χ2v) is 11.0. The monoisotopic (exact) mass is 497 g/mol. The number of rotatable bonds is 7. The molecule has 3 aliphatic heterocycles. The van der Waals surface area contributed by atoms with Crippen molar-refractivity contribution < 1.29 is 4.74 Å². The standard InChI is InChI=1S/C29H35N7O/c1-20-14-23(5-6-27(20)36-19-24-15-25(36)18-35(24)17-21-2-3-21)32-29-30-9-8-26(33-29)22-4-7-28(31-16-22)34-10-12-37-13-11-34/h4-9,14,16,21,24-25H,2-3,10-13,15,17-19H2,1H3,(H,30,32,33)/t24-,25-/m0/s1. The Labute approximate surface area is 218 Å². The number of morpholine rings is 1. The minimum atomic E-state index is 0.595. The molecule has 2 atom stereocenters. The second kappa shape index (κ2) is 9.58. The molecule has 0 unspecified atom stereocenters. The number of anilines is 4. The van der Waals surface area contributed by atoms with Crippen LogP contribution in [0.25, 0.3) is 11.3 Å². The lowest BCUT2D eigenvalue weighted by Crippen LogP contribution is -2.47. The Balaban J connectivity index is 1.02. The fourth-order valence-corrected chi connectivity index (χ4v) is 6.18. The molecule has 5 heterocycles. The first-order chi connectivity index (χ1) is 18.2. The molecule has 192 valence electrons. The van der Waals surface area contributed by atoms with E-state index < -0.39 is 0 Å². The van der Waals surface area contributed by atoms with Crippen molar-refractivity contribution in [3.8, 4) is 11.3 Å². The van der Waals surface area contributed by atoms with Crippen molar-refractivity contribution in [3.63, 3.8) is 0 Å². The van der Waals surface area contributed by atoms with Gasteiger partial charge in [-0.25, -0.2) is 15.0 Å². The van der Waals surface area contributed by atoms with Crippen molar-refractivity contribution in [2.45, 2.75) is 38.3 Å². The summed E-state index contributed by atoms with van der Waals surface area (Å²) in [5.74, 6) is 2.56. The lowest BCUT2D eigenvalue weighted by Gasteiger charge is -2.36. The average molecular weight is 498 g/mol. The molecule has 2 bridgehead atoms. The van der Waals surface area contributed by atoms with E-state index in [1.807, 2.05) is 12.3 Å². The van der Waals surface area contributed by atoms with Crippen molar-refractivity contribution >= 4 is 23.1 Å². The van der Waals surface area contributed by atoms with E-state index in [2.05, 4.69) is 67.2 Å². The molecule has 3 aromatic rings. The molecular formula is C29H35N7O. The van der Waals surface area contributed by atoms with Crippen LogP contribution >= 0.6 is 0 Å². The molecule has 4 fully saturated rings. The topological polar surface area (TPSA) is 69.6 Å². The molecule has 0 amide bonds.